The first kappa shape index (κ1) is 26.5. The van der Waals surface area contributed by atoms with Crippen LogP contribution in [0.3, 0.4) is 0 Å². The second kappa shape index (κ2) is 10.7. The zero-order chi connectivity index (χ0) is 25.1. The van der Waals surface area contributed by atoms with E-state index in [2.05, 4.69) is 5.32 Å². The number of ether oxygens (including phenoxy) is 1. The van der Waals surface area contributed by atoms with Gasteiger partial charge in [-0.25, -0.2) is 0 Å². The standard InChI is InChI=1S/C24H25F6NO.C2H6/c1-14(17-9-18(23(25,26)27)11-19(10-17)24(28,29)30)32-21-8-7-16-12-31-13-20(16)22(21)15-5-3-2-4-6-15;1-2/h2-6,9-11,14,16,20-22,31H,7-8,12-13H2,1H3;1-2H3/t14-,16-,20-,21+,22+;/m1./s1. The summed E-state index contributed by atoms with van der Waals surface area (Å²) in [7, 11) is 0. The van der Waals surface area contributed by atoms with Crippen LogP contribution in [0.25, 0.3) is 0 Å². The van der Waals surface area contributed by atoms with Crippen molar-refractivity contribution in [2.24, 2.45) is 11.8 Å². The number of hydrogen-bond donors (Lipinski definition) is 1. The summed E-state index contributed by atoms with van der Waals surface area (Å²) in [6, 6.07) is 11.5. The van der Waals surface area contributed by atoms with Crippen molar-refractivity contribution in [3.63, 3.8) is 0 Å². The molecule has 8 heteroatoms. The Kier molecular flexibility index (Phi) is 8.34. The smallest absolute Gasteiger partial charge is 0.370 e. The summed E-state index contributed by atoms with van der Waals surface area (Å²) in [5, 5.41) is 3.41. The number of nitrogens with one attached hydrogen (secondary N) is 1. The van der Waals surface area contributed by atoms with Crippen molar-refractivity contribution in [3.8, 4) is 0 Å². The van der Waals surface area contributed by atoms with Gasteiger partial charge in [-0.3, -0.25) is 0 Å². The highest BCUT2D eigenvalue weighted by Gasteiger charge is 2.44. The number of rotatable bonds is 4. The van der Waals surface area contributed by atoms with E-state index < -0.39 is 29.6 Å². The van der Waals surface area contributed by atoms with E-state index in [1.54, 1.807) is 0 Å². The van der Waals surface area contributed by atoms with Gasteiger partial charge >= 0.3 is 12.4 Å². The van der Waals surface area contributed by atoms with Crippen LogP contribution in [0.2, 0.25) is 0 Å². The van der Waals surface area contributed by atoms with Gasteiger partial charge in [-0.1, -0.05) is 44.2 Å². The van der Waals surface area contributed by atoms with Gasteiger partial charge < -0.3 is 10.1 Å². The van der Waals surface area contributed by atoms with E-state index in [4.69, 9.17) is 4.74 Å². The highest BCUT2D eigenvalue weighted by Crippen LogP contribution is 2.46. The van der Waals surface area contributed by atoms with E-state index in [0.29, 0.717) is 18.3 Å². The summed E-state index contributed by atoms with van der Waals surface area (Å²) in [6.07, 6.45) is -9.35. The summed E-state index contributed by atoms with van der Waals surface area (Å²) in [6.45, 7) is 7.26. The van der Waals surface area contributed by atoms with Gasteiger partial charge in [0.25, 0.3) is 0 Å². The molecule has 0 amide bonds. The van der Waals surface area contributed by atoms with Gasteiger partial charge in [0.05, 0.1) is 23.3 Å². The summed E-state index contributed by atoms with van der Waals surface area (Å²) in [5.74, 6) is 0.830. The van der Waals surface area contributed by atoms with E-state index in [9.17, 15) is 26.3 Å². The molecule has 0 aromatic heterocycles. The fourth-order valence-corrected chi connectivity index (χ4v) is 5.17. The minimum absolute atomic E-state index is 0.0280. The lowest BCUT2D eigenvalue weighted by molar-refractivity contribution is -0.143. The van der Waals surface area contributed by atoms with E-state index in [0.717, 1.165) is 37.2 Å². The van der Waals surface area contributed by atoms with Crippen LogP contribution in [-0.2, 0) is 17.1 Å². The van der Waals surface area contributed by atoms with Crippen molar-refractivity contribution in [1.29, 1.82) is 0 Å². The quantitative estimate of drug-likeness (QED) is 0.448. The number of alkyl halides is 6. The SMILES string of the molecule is CC.C[C@@H](O[C@H]1CC[C@@H]2CNC[C@H]2[C@@H]1c1ccccc1)c1cc(C(F)(F)F)cc(C(F)(F)F)c1. The van der Waals surface area contributed by atoms with Crippen LogP contribution in [-0.4, -0.2) is 19.2 Å². The average Bonchev–Trinajstić information content (AvgIpc) is 3.28. The third kappa shape index (κ3) is 5.95. The second-order valence-electron chi connectivity index (χ2n) is 8.75. The number of benzene rings is 2. The predicted octanol–water partition coefficient (Wildman–Crippen LogP) is 7.61. The van der Waals surface area contributed by atoms with E-state index in [-0.39, 0.29) is 23.7 Å². The molecule has 34 heavy (non-hydrogen) atoms. The lowest BCUT2D eigenvalue weighted by atomic mass is 9.69. The molecule has 2 aromatic rings. The monoisotopic (exact) mass is 487 g/mol. The van der Waals surface area contributed by atoms with Crippen molar-refractivity contribution >= 4 is 0 Å². The average molecular weight is 488 g/mol. The van der Waals surface area contributed by atoms with Crippen molar-refractivity contribution in [3.05, 3.63) is 70.8 Å². The van der Waals surface area contributed by atoms with Gasteiger partial charge in [0.15, 0.2) is 0 Å². The zero-order valence-corrected chi connectivity index (χ0v) is 19.5. The summed E-state index contributed by atoms with van der Waals surface area (Å²) < 4.78 is 85.9. The van der Waals surface area contributed by atoms with Crippen molar-refractivity contribution in [2.75, 3.05) is 13.1 Å². The van der Waals surface area contributed by atoms with E-state index in [1.165, 1.54) is 6.92 Å². The molecule has 1 saturated carbocycles. The largest absolute Gasteiger partial charge is 0.416 e. The van der Waals surface area contributed by atoms with Gasteiger partial charge in [0, 0.05) is 5.92 Å². The van der Waals surface area contributed by atoms with Crippen LogP contribution in [0.5, 0.6) is 0 Å². The predicted molar refractivity (Wildman–Crippen MR) is 119 cm³/mol. The van der Waals surface area contributed by atoms with Gasteiger partial charge in [-0.05, 0) is 74.0 Å². The third-order valence-electron chi connectivity index (χ3n) is 6.72. The highest BCUT2D eigenvalue weighted by atomic mass is 19.4. The van der Waals surface area contributed by atoms with Crippen molar-refractivity contribution < 1.29 is 31.1 Å². The Labute approximate surface area is 196 Å². The zero-order valence-electron chi connectivity index (χ0n) is 19.5. The number of halogens is 6. The normalized spacial score (nSPS) is 25.8. The van der Waals surface area contributed by atoms with Crippen LogP contribution >= 0.6 is 0 Å². The Balaban J connectivity index is 0.00000158. The molecule has 2 aliphatic rings. The maximum atomic E-state index is 13.3. The Morgan fingerprint density at radius 2 is 1.44 bits per heavy atom. The fraction of sp³-hybridized carbons (Fsp3) is 0.538. The molecular formula is C26H31F6NO. The van der Waals surface area contributed by atoms with Gasteiger partial charge in [0.1, 0.15) is 0 Å². The summed E-state index contributed by atoms with van der Waals surface area (Å²) in [5.41, 5.74) is -1.67. The molecule has 1 heterocycles. The molecule has 1 aliphatic heterocycles. The molecule has 1 aliphatic carbocycles. The maximum Gasteiger partial charge on any atom is 0.416 e. The Morgan fingerprint density at radius 1 is 0.853 bits per heavy atom. The molecule has 5 atom stereocenters. The van der Waals surface area contributed by atoms with Crippen molar-refractivity contribution in [1.82, 2.24) is 5.32 Å². The molecule has 1 saturated heterocycles. The van der Waals surface area contributed by atoms with E-state index in [1.807, 2.05) is 44.2 Å². The topological polar surface area (TPSA) is 21.3 Å². The Morgan fingerprint density at radius 3 is 2.00 bits per heavy atom. The number of fused-ring (bicyclic) bond motifs is 1. The molecule has 2 fully saturated rings. The van der Waals surface area contributed by atoms with Crippen LogP contribution in [0.1, 0.15) is 67.9 Å². The second-order valence-corrected chi connectivity index (χ2v) is 8.75. The minimum atomic E-state index is -4.88. The molecule has 0 radical (unpaired) electrons. The van der Waals surface area contributed by atoms with Crippen molar-refractivity contribution in [2.45, 2.75) is 64.1 Å². The molecule has 0 bridgehead atoms. The number of hydrogen-bond acceptors (Lipinski definition) is 2. The van der Waals surface area contributed by atoms with Gasteiger partial charge in [-0.15, -0.1) is 0 Å². The minimum Gasteiger partial charge on any atom is -0.370 e. The first-order valence-corrected chi connectivity index (χ1v) is 11.7. The molecule has 2 nitrogen and oxygen atoms in total. The lowest BCUT2D eigenvalue weighted by Gasteiger charge is -2.41. The van der Waals surface area contributed by atoms with Crippen LogP contribution in [0.4, 0.5) is 26.3 Å². The van der Waals surface area contributed by atoms with E-state index >= 15 is 0 Å². The molecular weight excluding hydrogens is 456 g/mol. The van der Waals surface area contributed by atoms with Gasteiger partial charge in [0.2, 0.25) is 0 Å². The van der Waals surface area contributed by atoms with Crippen LogP contribution in [0, 0.1) is 11.8 Å². The molecule has 0 spiro atoms. The summed E-state index contributed by atoms with van der Waals surface area (Å²) in [4.78, 5) is 0. The Bertz CT molecular complexity index is 895. The Hall–Kier alpha value is -2.06. The summed E-state index contributed by atoms with van der Waals surface area (Å²) >= 11 is 0. The van der Waals surface area contributed by atoms with Crippen LogP contribution < -0.4 is 5.32 Å². The lowest BCUT2D eigenvalue weighted by Crippen LogP contribution is -2.38. The van der Waals surface area contributed by atoms with Crippen LogP contribution in [0.15, 0.2) is 48.5 Å². The first-order valence-electron chi connectivity index (χ1n) is 11.7. The fourth-order valence-electron chi connectivity index (χ4n) is 5.17. The first-order chi connectivity index (χ1) is 16.0. The molecule has 2 aromatic carbocycles. The molecule has 4 rings (SSSR count). The third-order valence-corrected chi connectivity index (χ3v) is 6.72. The maximum absolute atomic E-state index is 13.3. The molecule has 0 unspecified atom stereocenters. The van der Waals surface area contributed by atoms with Gasteiger partial charge in [-0.2, -0.15) is 26.3 Å². The molecule has 1 N–H and O–H groups in total. The molecule has 188 valence electrons. The highest BCUT2D eigenvalue weighted by molar-refractivity contribution is 5.35.